The van der Waals surface area contributed by atoms with Gasteiger partial charge >= 0.3 is 5.97 Å². The van der Waals surface area contributed by atoms with Crippen molar-refractivity contribution in [2.75, 3.05) is 0 Å². The Kier molecular flexibility index (Phi) is 2.77. The van der Waals surface area contributed by atoms with Gasteiger partial charge in [0.1, 0.15) is 0 Å². The van der Waals surface area contributed by atoms with Crippen LogP contribution < -0.4 is 0 Å². The summed E-state index contributed by atoms with van der Waals surface area (Å²) in [6.07, 6.45) is 2.59. The number of rotatable bonds is 3. The molecular formula is C11H10BrNO2. The maximum Gasteiger partial charge on any atom is 0.303 e. The molecular weight excluding hydrogens is 258 g/mol. The number of aromatic amines is 1. The minimum absolute atomic E-state index is 0.162. The predicted octanol–water partition coefficient (Wildman–Crippen LogP) is 2.95. The van der Waals surface area contributed by atoms with E-state index in [4.69, 9.17) is 5.11 Å². The summed E-state index contributed by atoms with van der Waals surface area (Å²) in [5, 5.41) is 9.73. The summed E-state index contributed by atoms with van der Waals surface area (Å²) < 4.78 is 1.01. The SMILES string of the molecule is O=C(O)CCc1cccc2c(Br)c[nH]c12. The van der Waals surface area contributed by atoms with Crippen molar-refractivity contribution >= 4 is 32.8 Å². The second-order valence-corrected chi connectivity index (χ2v) is 4.22. The molecule has 1 aromatic heterocycles. The molecule has 0 spiro atoms. The van der Waals surface area contributed by atoms with Gasteiger partial charge in [-0.3, -0.25) is 4.79 Å². The van der Waals surface area contributed by atoms with Crippen LogP contribution in [0.5, 0.6) is 0 Å². The predicted molar refractivity (Wildman–Crippen MR) is 62.0 cm³/mol. The molecule has 0 bridgehead atoms. The first-order chi connectivity index (χ1) is 7.18. The molecule has 2 rings (SSSR count). The number of hydrogen-bond donors (Lipinski definition) is 2. The first-order valence-corrected chi connectivity index (χ1v) is 5.44. The van der Waals surface area contributed by atoms with Crippen LogP contribution in [0.4, 0.5) is 0 Å². The zero-order chi connectivity index (χ0) is 10.8. The van der Waals surface area contributed by atoms with E-state index in [-0.39, 0.29) is 6.42 Å². The number of carbonyl (C=O) groups is 1. The van der Waals surface area contributed by atoms with Crippen molar-refractivity contribution in [1.82, 2.24) is 4.98 Å². The van der Waals surface area contributed by atoms with Crippen molar-refractivity contribution in [1.29, 1.82) is 0 Å². The maximum absolute atomic E-state index is 10.5. The number of aromatic nitrogens is 1. The first kappa shape index (κ1) is 10.2. The van der Waals surface area contributed by atoms with E-state index in [1.165, 1.54) is 0 Å². The molecule has 0 saturated carbocycles. The Balaban J connectivity index is 2.38. The van der Waals surface area contributed by atoms with Crippen LogP contribution in [0.15, 0.2) is 28.9 Å². The van der Waals surface area contributed by atoms with Crippen molar-refractivity contribution in [3.63, 3.8) is 0 Å². The van der Waals surface area contributed by atoms with Crippen LogP contribution in [0.25, 0.3) is 10.9 Å². The minimum Gasteiger partial charge on any atom is -0.481 e. The van der Waals surface area contributed by atoms with Gasteiger partial charge in [0.25, 0.3) is 0 Å². The second kappa shape index (κ2) is 4.06. The normalized spacial score (nSPS) is 10.7. The highest BCUT2D eigenvalue weighted by Gasteiger charge is 2.06. The van der Waals surface area contributed by atoms with E-state index in [0.29, 0.717) is 6.42 Å². The summed E-state index contributed by atoms with van der Waals surface area (Å²) in [5.74, 6) is -0.766. The lowest BCUT2D eigenvalue weighted by atomic mass is 10.1. The minimum atomic E-state index is -0.766. The molecule has 0 amide bonds. The summed E-state index contributed by atoms with van der Waals surface area (Å²) in [6, 6.07) is 5.90. The summed E-state index contributed by atoms with van der Waals surface area (Å²) in [6.45, 7) is 0. The average Bonchev–Trinajstić information content (AvgIpc) is 2.58. The molecule has 1 heterocycles. The van der Waals surface area contributed by atoms with Crippen LogP contribution >= 0.6 is 15.9 Å². The van der Waals surface area contributed by atoms with E-state index in [1.807, 2.05) is 24.4 Å². The number of aliphatic carboxylic acids is 1. The van der Waals surface area contributed by atoms with E-state index in [1.54, 1.807) is 0 Å². The second-order valence-electron chi connectivity index (χ2n) is 3.37. The molecule has 0 aliphatic carbocycles. The Bertz CT molecular complexity index is 504. The number of H-pyrrole nitrogens is 1. The molecule has 1 aromatic carbocycles. The van der Waals surface area contributed by atoms with Gasteiger partial charge in [-0.15, -0.1) is 0 Å². The highest BCUT2D eigenvalue weighted by molar-refractivity contribution is 9.10. The molecule has 0 fully saturated rings. The van der Waals surface area contributed by atoms with E-state index < -0.39 is 5.97 Å². The number of fused-ring (bicyclic) bond motifs is 1. The van der Waals surface area contributed by atoms with Gasteiger partial charge in [0.2, 0.25) is 0 Å². The van der Waals surface area contributed by atoms with Gasteiger partial charge in [0.05, 0.1) is 0 Å². The zero-order valence-electron chi connectivity index (χ0n) is 7.96. The van der Waals surface area contributed by atoms with Crippen molar-refractivity contribution in [2.24, 2.45) is 0 Å². The Hall–Kier alpha value is -1.29. The van der Waals surface area contributed by atoms with Crippen LogP contribution in [0.2, 0.25) is 0 Å². The Morgan fingerprint density at radius 1 is 1.47 bits per heavy atom. The van der Waals surface area contributed by atoms with E-state index >= 15 is 0 Å². The Labute approximate surface area is 95.2 Å². The lowest BCUT2D eigenvalue weighted by Gasteiger charge is -2.00. The highest BCUT2D eigenvalue weighted by Crippen LogP contribution is 2.26. The summed E-state index contributed by atoms with van der Waals surface area (Å²) in [5.41, 5.74) is 2.06. The first-order valence-electron chi connectivity index (χ1n) is 4.65. The monoisotopic (exact) mass is 267 g/mol. The molecule has 0 aliphatic heterocycles. The van der Waals surface area contributed by atoms with Crippen molar-refractivity contribution < 1.29 is 9.90 Å². The zero-order valence-corrected chi connectivity index (χ0v) is 9.54. The third-order valence-electron chi connectivity index (χ3n) is 2.36. The van der Waals surface area contributed by atoms with Crippen LogP contribution in [-0.4, -0.2) is 16.1 Å². The van der Waals surface area contributed by atoms with Crippen LogP contribution in [0.1, 0.15) is 12.0 Å². The number of aryl methyl sites for hydroxylation is 1. The smallest absolute Gasteiger partial charge is 0.303 e. The molecule has 2 aromatic rings. The fourth-order valence-corrected chi connectivity index (χ4v) is 2.08. The molecule has 0 aliphatic rings. The number of hydrogen-bond acceptors (Lipinski definition) is 1. The van der Waals surface area contributed by atoms with E-state index in [2.05, 4.69) is 20.9 Å². The molecule has 0 atom stereocenters. The topological polar surface area (TPSA) is 53.1 Å². The third kappa shape index (κ3) is 2.04. The van der Waals surface area contributed by atoms with Crippen LogP contribution in [0, 0.1) is 0 Å². The van der Waals surface area contributed by atoms with Crippen LogP contribution in [0.3, 0.4) is 0 Å². The highest BCUT2D eigenvalue weighted by atomic mass is 79.9. The summed E-state index contributed by atoms with van der Waals surface area (Å²) in [7, 11) is 0. The van der Waals surface area contributed by atoms with Gasteiger partial charge in [0.15, 0.2) is 0 Å². The average molecular weight is 268 g/mol. The Morgan fingerprint density at radius 3 is 3.00 bits per heavy atom. The number of halogens is 1. The fraction of sp³-hybridized carbons (Fsp3) is 0.182. The molecule has 15 heavy (non-hydrogen) atoms. The Morgan fingerprint density at radius 2 is 2.27 bits per heavy atom. The molecule has 0 saturated heterocycles. The lowest BCUT2D eigenvalue weighted by molar-refractivity contribution is -0.136. The van der Waals surface area contributed by atoms with Crippen molar-refractivity contribution in [3.8, 4) is 0 Å². The number of nitrogens with one attached hydrogen (secondary N) is 1. The fourth-order valence-electron chi connectivity index (χ4n) is 1.63. The molecule has 78 valence electrons. The van der Waals surface area contributed by atoms with Gasteiger partial charge in [-0.1, -0.05) is 18.2 Å². The maximum atomic E-state index is 10.5. The number of benzene rings is 1. The number of carboxylic acid groups (broad SMARTS) is 1. The molecule has 3 nitrogen and oxygen atoms in total. The van der Waals surface area contributed by atoms with E-state index in [0.717, 1.165) is 20.9 Å². The molecule has 2 N–H and O–H groups in total. The molecule has 0 radical (unpaired) electrons. The standard InChI is InChI=1S/C11H10BrNO2/c12-9-6-13-11-7(4-5-10(14)15)2-1-3-8(9)11/h1-3,6,13H,4-5H2,(H,14,15). The lowest BCUT2D eigenvalue weighted by Crippen LogP contribution is -1.97. The van der Waals surface area contributed by atoms with Crippen LogP contribution in [-0.2, 0) is 11.2 Å². The van der Waals surface area contributed by atoms with Gasteiger partial charge in [0, 0.05) is 28.0 Å². The van der Waals surface area contributed by atoms with Crippen molar-refractivity contribution in [2.45, 2.75) is 12.8 Å². The number of para-hydroxylation sites is 1. The van der Waals surface area contributed by atoms with Gasteiger partial charge in [-0.05, 0) is 27.9 Å². The number of carboxylic acids is 1. The quantitative estimate of drug-likeness (QED) is 0.899. The molecule has 0 unspecified atom stereocenters. The van der Waals surface area contributed by atoms with Gasteiger partial charge in [-0.25, -0.2) is 0 Å². The van der Waals surface area contributed by atoms with Gasteiger partial charge in [-0.2, -0.15) is 0 Å². The van der Waals surface area contributed by atoms with Gasteiger partial charge < -0.3 is 10.1 Å². The van der Waals surface area contributed by atoms with Crippen molar-refractivity contribution in [3.05, 3.63) is 34.4 Å². The molecule has 4 heteroatoms. The summed E-state index contributed by atoms with van der Waals surface area (Å²) in [4.78, 5) is 13.6. The van der Waals surface area contributed by atoms with E-state index in [9.17, 15) is 4.79 Å². The third-order valence-corrected chi connectivity index (χ3v) is 3.02. The summed E-state index contributed by atoms with van der Waals surface area (Å²) >= 11 is 3.43. The largest absolute Gasteiger partial charge is 0.481 e.